The lowest BCUT2D eigenvalue weighted by Crippen LogP contribution is -2.52. The number of anilines is 1. The fraction of sp³-hybridized carbons (Fsp3) is 0.600. The van der Waals surface area contributed by atoms with E-state index in [1.54, 1.807) is 0 Å². The molecule has 1 saturated heterocycles. The standard InChI is InChI=1S/C20H28N2O3/c1-3-25-20(24)18-10-6-7-13-21(18)14-19(23)22-15(2)11-12-16-8-4-5-9-17(16)22/h4-5,8-9,15,18H,3,6-7,10-14H2,1-2H3/t15-,18+/m0/s1. The lowest BCUT2D eigenvalue weighted by molar-refractivity contribution is -0.151. The van der Waals surface area contributed by atoms with Gasteiger partial charge >= 0.3 is 5.97 Å². The van der Waals surface area contributed by atoms with Gasteiger partial charge in [0.05, 0.1) is 13.2 Å². The Balaban J connectivity index is 1.75. The van der Waals surface area contributed by atoms with Gasteiger partial charge in [-0.3, -0.25) is 14.5 Å². The fourth-order valence-corrected chi connectivity index (χ4v) is 4.00. The predicted molar refractivity (Wildman–Crippen MR) is 97.6 cm³/mol. The van der Waals surface area contributed by atoms with Crippen LogP contribution in [0, 0.1) is 0 Å². The number of esters is 1. The molecule has 1 amide bonds. The second-order valence-corrected chi connectivity index (χ2v) is 7.01. The maximum absolute atomic E-state index is 13.1. The van der Waals surface area contributed by atoms with Crippen LogP contribution in [0.5, 0.6) is 0 Å². The van der Waals surface area contributed by atoms with Gasteiger partial charge in [-0.05, 0) is 57.7 Å². The van der Waals surface area contributed by atoms with Crippen molar-refractivity contribution in [3.8, 4) is 0 Å². The molecule has 0 N–H and O–H groups in total. The van der Waals surface area contributed by atoms with E-state index in [1.807, 2.05) is 34.9 Å². The fourth-order valence-electron chi connectivity index (χ4n) is 4.00. The molecule has 1 fully saturated rings. The molecule has 0 saturated carbocycles. The van der Waals surface area contributed by atoms with Gasteiger partial charge in [0, 0.05) is 11.7 Å². The van der Waals surface area contributed by atoms with Gasteiger partial charge in [-0.2, -0.15) is 0 Å². The number of likely N-dealkylation sites (tertiary alicyclic amines) is 1. The van der Waals surface area contributed by atoms with Crippen LogP contribution >= 0.6 is 0 Å². The van der Waals surface area contributed by atoms with Crippen molar-refractivity contribution < 1.29 is 14.3 Å². The number of rotatable bonds is 4. The highest BCUT2D eigenvalue weighted by molar-refractivity contribution is 5.96. The van der Waals surface area contributed by atoms with Gasteiger partial charge in [0.25, 0.3) is 0 Å². The first-order valence-electron chi connectivity index (χ1n) is 9.42. The Kier molecular flexibility index (Phi) is 5.74. The Hall–Kier alpha value is -1.88. The van der Waals surface area contributed by atoms with Crippen LogP contribution in [0.3, 0.4) is 0 Å². The summed E-state index contributed by atoms with van der Waals surface area (Å²) in [6.07, 6.45) is 4.80. The number of piperidine rings is 1. The number of aryl methyl sites for hydroxylation is 1. The lowest BCUT2D eigenvalue weighted by atomic mass is 9.96. The first kappa shape index (κ1) is 17.9. The summed E-state index contributed by atoms with van der Waals surface area (Å²) in [6, 6.07) is 8.05. The molecule has 1 aromatic carbocycles. The van der Waals surface area contributed by atoms with Crippen molar-refractivity contribution >= 4 is 17.6 Å². The molecule has 2 atom stereocenters. The summed E-state index contributed by atoms with van der Waals surface area (Å²) in [5.74, 6) is -0.113. The molecule has 0 unspecified atom stereocenters. The van der Waals surface area contributed by atoms with Crippen molar-refractivity contribution in [2.45, 2.75) is 58.0 Å². The summed E-state index contributed by atoms with van der Waals surface area (Å²) in [5, 5.41) is 0. The third-order valence-corrected chi connectivity index (χ3v) is 5.30. The molecule has 1 aromatic rings. The lowest BCUT2D eigenvalue weighted by Gasteiger charge is -2.39. The maximum Gasteiger partial charge on any atom is 0.323 e. The Morgan fingerprint density at radius 1 is 1.20 bits per heavy atom. The zero-order chi connectivity index (χ0) is 17.8. The summed E-state index contributed by atoms with van der Waals surface area (Å²) in [7, 11) is 0. The number of fused-ring (bicyclic) bond motifs is 1. The minimum Gasteiger partial charge on any atom is -0.465 e. The van der Waals surface area contributed by atoms with Crippen LogP contribution in [0.1, 0.15) is 45.1 Å². The molecule has 2 aliphatic heterocycles. The molecular weight excluding hydrogens is 316 g/mol. The first-order valence-corrected chi connectivity index (χ1v) is 9.42. The van der Waals surface area contributed by atoms with Gasteiger partial charge in [0.1, 0.15) is 6.04 Å². The van der Waals surface area contributed by atoms with Crippen molar-refractivity contribution in [2.24, 2.45) is 0 Å². The molecular formula is C20H28N2O3. The van der Waals surface area contributed by atoms with E-state index in [2.05, 4.69) is 13.0 Å². The van der Waals surface area contributed by atoms with Crippen LogP contribution in [0.15, 0.2) is 24.3 Å². The minimum absolute atomic E-state index is 0.0795. The number of carbonyl (C=O) groups is 2. The molecule has 0 spiro atoms. The number of para-hydroxylation sites is 1. The Bertz CT molecular complexity index is 631. The van der Waals surface area contributed by atoms with Gasteiger partial charge in [-0.15, -0.1) is 0 Å². The van der Waals surface area contributed by atoms with Gasteiger partial charge in [-0.1, -0.05) is 24.6 Å². The third kappa shape index (κ3) is 3.87. The number of hydrogen-bond acceptors (Lipinski definition) is 4. The highest BCUT2D eigenvalue weighted by Crippen LogP contribution is 2.31. The zero-order valence-corrected chi connectivity index (χ0v) is 15.2. The third-order valence-electron chi connectivity index (χ3n) is 5.30. The highest BCUT2D eigenvalue weighted by atomic mass is 16.5. The molecule has 5 nitrogen and oxygen atoms in total. The second kappa shape index (κ2) is 8.00. The number of nitrogens with zero attached hydrogens (tertiary/aromatic N) is 2. The quantitative estimate of drug-likeness (QED) is 0.788. The average Bonchev–Trinajstić information content (AvgIpc) is 2.62. The van der Waals surface area contributed by atoms with E-state index in [0.29, 0.717) is 6.61 Å². The van der Waals surface area contributed by atoms with Crippen molar-refractivity contribution in [3.05, 3.63) is 29.8 Å². The van der Waals surface area contributed by atoms with Crippen molar-refractivity contribution in [2.75, 3.05) is 24.6 Å². The van der Waals surface area contributed by atoms with Gasteiger partial charge in [0.2, 0.25) is 5.91 Å². The average molecular weight is 344 g/mol. The summed E-state index contributed by atoms with van der Waals surface area (Å²) < 4.78 is 5.21. The number of amides is 1. The van der Waals surface area contributed by atoms with Crippen molar-refractivity contribution in [1.29, 1.82) is 0 Å². The Labute approximate surface area is 149 Å². The molecule has 3 rings (SSSR count). The maximum atomic E-state index is 13.1. The highest BCUT2D eigenvalue weighted by Gasteiger charge is 2.34. The molecule has 0 radical (unpaired) electrons. The smallest absolute Gasteiger partial charge is 0.323 e. The van der Waals surface area contributed by atoms with E-state index in [0.717, 1.165) is 44.3 Å². The first-order chi connectivity index (χ1) is 12.1. The van der Waals surface area contributed by atoms with Crippen LogP contribution in [0.25, 0.3) is 0 Å². The van der Waals surface area contributed by atoms with Gasteiger partial charge < -0.3 is 9.64 Å². The Morgan fingerprint density at radius 3 is 2.80 bits per heavy atom. The monoisotopic (exact) mass is 344 g/mol. The molecule has 2 aliphatic rings. The molecule has 0 aromatic heterocycles. The SMILES string of the molecule is CCOC(=O)[C@H]1CCCCN1CC(=O)N1c2ccccc2CC[C@@H]1C. The Morgan fingerprint density at radius 2 is 2.00 bits per heavy atom. The number of ether oxygens (including phenoxy) is 1. The normalized spacial score (nSPS) is 23.8. The van der Waals surface area contributed by atoms with Gasteiger partial charge in [-0.25, -0.2) is 0 Å². The van der Waals surface area contributed by atoms with E-state index >= 15 is 0 Å². The summed E-state index contributed by atoms with van der Waals surface area (Å²) >= 11 is 0. The van der Waals surface area contributed by atoms with Crippen LogP contribution in [-0.2, 0) is 20.7 Å². The van der Waals surface area contributed by atoms with E-state index in [-0.39, 0.29) is 30.5 Å². The van der Waals surface area contributed by atoms with Crippen LogP contribution < -0.4 is 4.90 Å². The zero-order valence-electron chi connectivity index (χ0n) is 15.2. The van der Waals surface area contributed by atoms with Crippen LogP contribution in [-0.4, -0.2) is 48.6 Å². The summed E-state index contributed by atoms with van der Waals surface area (Å²) in [5.41, 5.74) is 2.26. The minimum atomic E-state index is -0.284. The van der Waals surface area contributed by atoms with E-state index in [9.17, 15) is 9.59 Å². The molecule has 0 aliphatic carbocycles. The van der Waals surface area contributed by atoms with Crippen LogP contribution in [0.4, 0.5) is 5.69 Å². The number of benzene rings is 1. The number of carbonyl (C=O) groups excluding carboxylic acids is 2. The summed E-state index contributed by atoms with van der Waals surface area (Å²) in [6.45, 7) is 5.37. The van der Waals surface area contributed by atoms with E-state index in [1.165, 1.54) is 5.56 Å². The van der Waals surface area contributed by atoms with E-state index < -0.39 is 0 Å². The molecule has 136 valence electrons. The van der Waals surface area contributed by atoms with E-state index in [4.69, 9.17) is 4.74 Å². The molecule has 5 heteroatoms. The molecule has 25 heavy (non-hydrogen) atoms. The topological polar surface area (TPSA) is 49.9 Å². The van der Waals surface area contributed by atoms with Crippen molar-refractivity contribution in [1.82, 2.24) is 4.90 Å². The van der Waals surface area contributed by atoms with Gasteiger partial charge in [0.15, 0.2) is 0 Å². The predicted octanol–water partition coefficient (Wildman–Crippen LogP) is 2.77. The second-order valence-electron chi connectivity index (χ2n) is 7.01. The molecule has 0 bridgehead atoms. The van der Waals surface area contributed by atoms with Crippen molar-refractivity contribution in [3.63, 3.8) is 0 Å². The summed E-state index contributed by atoms with van der Waals surface area (Å²) in [4.78, 5) is 29.3. The largest absolute Gasteiger partial charge is 0.465 e. The number of hydrogen-bond donors (Lipinski definition) is 0. The molecule has 2 heterocycles. The van der Waals surface area contributed by atoms with Crippen LogP contribution in [0.2, 0.25) is 0 Å².